The Morgan fingerprint density at radius 3 is 3.00 bits per heavy atom. The molecule has 1 aromatic carbocycles. The summed E-state index contributed by atoms with van der Waals surface area (Å²) in [7, 11) is 2.02. The molecule has 0 aliphatic carbocycles. The minimum absolute atomic E-state index is 0.572. The van der Waals surface area contributed by atoms with Crippen LogP contribution in [0.3, 0.4) is 0 Å². The predicted octanol–water partition coefficient (Wildman–Crippen LogP) is 2.69. The summed E-state index contributed by atoms with van der Waals surface area (Å²) in [4.78, 5) is 2.54. The fraction of sp³-hybridized carbons (Fsp3) is 0.625. The molecule has 5 heteroatoms. The third-order valence-corrected chi connectivity index (χ3v) is 4.51. The summed E-state index contributed by atoms with van der Waals surface area (Å²) in [5.41, 5.74) is 1.20. The van der Waals surface area contributed by atoms with Gasteiger partial charge in [-0.2, -0.15) is 0 Å². The van der Waals surface area contributed by atoms with Crippen LogP contribution in [0.4, 0.5) is 0 Å². The van der Waals surface area contributed by atoms with Crippen LogP contribution in [0.25, 0.3) is 0 Å². The average Bonchev–Trinajstić information content (AvgIpc) is 2.50. The van der Waals surface area contributed by atoms with Gasteiger partial charge < -0.3 is 14.8 Å². The summed E-state index contributed by atoms with van der Waals surface area (Å²) < 4.78 is 11.2. The van der Waals surface area contributed by atoms with Gasteiger partial charge in [-0.1, -0.05) is 18.0 Å². The Hall–Kier alpha value is -0.970. The summed E-state index contributed by atoms with van der Waals surface area (Å²) in [6.45, 7) is 4.28. The fourth-order valence-corrected chi connectivity index (χ4v) is 3.51. The van der Waals surface area contributed by atoms with Crippen LogP contribution in [-0.4, -0.2) is 44.3 Å². The number of benzene rings is 1. The van der Waals surface area contributed by atoms with Gasteiger partial charge in [0.15, 0.2) is 11.5 Å². The van der Waals surface area contributed by atoms with Crippen molar-refractivity contribution in [2.75, 3.05) is 33.4 Å². The van der Waals surface area contributed by atoms with Crippen LogP contribution in [-0.2, 0) is 6.54 Å². The van der Waals surface area contributed by atoms with Crippen molar-refractivity contribution in [3.05, 3.63) is 22.7 Å². The monoisotopic (exact) mass is 310 g/mol. The highest BCUT2D eigenvalue weighted by Gasteiger charge is 2.23. The molecule has 1 unspecified atom stereocenters. The predicted molar refractivity (Wildman–Crippen MR) is 84.4 cm³/mol. The maximum atomic E-state index is 6.33. The van der Waals surface area contributed by atoms with Crippen molar-refractivity contribution in [1.82, 2.24) is 10.2 Å². The molecule has 2 heterocycles. The standard InChI is InChI=1S/C16H23ClN2O2/c1-18-10-13-4-2-3-5-19(13)11-12-8-14(17)16-15(9-12)20-6-7-21-16/h8-9,13,18H,2-7,10-11H2,1H3. The number of nitrogens with zero attached hydrogens (tertiary/aromatic N) is 1. The van der Waals surface area contributed by atoms with Crippen LogP contribution in [0.15, 0.2) is 12.1 Å². The maximum absolute atomic E-state index is 6.33. The first-order chi connectivity index (χ1) is 10.3. The van der Waals surface area contributed by atoms with Crippen LogP contribution >= 0.6 is 11.6 Å². The summed E-state index contributed by atoms with van der Waals surface area (Å²) in [6, 6.07) is 4.70. The second-order valence-corrected chi connectivity index (χ2v) is 6.19. The zero-order valence-electron chi connectivity index (χ0n) is 12.5. The number of hydrogen-bond acceptors (Lipinski definition) is 4. The SMILES string of the molecule is CNCC1CCCCN1Cc1cc(Cl)c2c(c1)OCCO2. The van der Waals surface area contributed by atoms with Crippen molar-refractivity contribution in [3.8, 4) is 11.5 Å². The second-order valence-electron chi connectivity index (χ2n) is 5.78. The van der Waals surface area contributed by atoms with E-state index in [9.17, 15) is 0 Å². The molecule has 4 nitrogen and oxygen atoms in total. The van der Waals surface area contributed by atoms with E-state index in [0.29, 0.717) is 30.0 Å². The average molecular weight is 311 g/mol. The first kappa shape index (κ1) is 14.9. The van der Waals surface area contributed by atoms with Crippen LogP contribution in [0.5, 0.6) is 11.5 Å². The van der Waals surface area contributed by atoms with E-state index in [-0.39, 0.29) is 0 Å². The Bertz CT molecular complexity index is 493. The Morgan fingerprint density at radius 2 is 2.14 bits per heavy atom. The molecular formula is C16H23ClN2O2. The van der Waals surface area contributed by atoms with E-state index >= 15 is 0 Å². The lowest BCUT2D eigenvalue weighted by molar-refractivity contribution is 0.138. The van der Waals surface area contributed by atoms with Crippen LogP contribution in [0.1, 0.15) is 24.8 Å². The second kappa shape index (κ2) is 6.86. The van der Waals surface area contributed by atoms with E-state index in [1.165, 1.54) is 24.8 Å². The molecule has 1 atom stereocenters. The van der Waals surface area contributed by atoms with Gasteiger partial charge in [0.05, 0.1) is 5.02 Å². The van der Waals surface area contributed by atoms with Crippen molar-refractivity contribution >= 4 is 11.6 Å². The van der Waals surface area contributed by atoms with Gasteiger partial charge in [-0.25, -0.2) is 0 Å². The molecule has 116 valence electrons. The van der Waals surface area contributed by atoms with Crippen molar-refractivity contribution < 1.29 is 9.47 Å². The highest BCUT2D eigenvalue weighted by Crippen LogP contribution is 2.38. The Labute approximate surface area is 131 Å². The lowest BCUT2D eigenvalue weighted by atomic mass is 10.0. The number of ether oxygens (including phenoxy) is 2. The van der Waals surface area contributed by atoms with Gasteiger partial charge in [-0.3, -0.25) is 4.90 Å². The molecule has 21 heavy (non-hydrogen) atoms. The molecule has 1 aromatic rings. The van der Waals surface area contributed by atoms with Gasteiger partial charge in [0, 0.05) is 19.1 Å². The number of piperidine rings is 1. The highest BCUT2D eigenvalue weighted by molar-refractivity contribution is 6.32. The first-order valence-electron chi connectivity index (χ1n) is 7.74. The molecular weight excluding hydrogens is 288 g/mol. The molecule has 2 aliphatic rings. The Morgan fingerprint density at radius 1 is 1.29 bits per heavy atom. The van der Waals surface area contributed by atoms with E-state index in [2.05, 4.69) is 16.3 Å². The highest BCUT2D eigenvalue weighted by atomic mass is 35.5. The lowest BCUT2D eigenvalue weighted by Crippen LogP contribution is -2.44. The zero-order valence-corrected chi connectivity index (χ0v) is 13.3. The molecule has 3 rings (SSSR count). The molecule has 0 amide bonds. The third kappa shape index (κ3) is 3.44. The van der Waals surface area contributed by atoms with E-state index in [0.717, 1.165) is 25.4 Å². The molecule has 1 N–H and O–H groups in total. The lowest BCUT2D eigenvalue weighted by Gasteiger charge is -2.36. The minimum atomic E-state index is 0.572. The van der Waals surface area contributed by atoms with Crippen molar-refractivity contribution in [2.45, 2.75) is 31.8 Å². The molecule has 0 radical (unpaired) electrons. The number of halogens is 1. The number of nitrogens with one attached hydrogen (secondary N) is 1. The number of hydrogen-bond donors (Lipinski definition) is 1. The van der Waals surface area contributed by atoms with Gasteiger partial charge in [0.2, 0.25) is 0 Å². The van der Waals surface area contributed by atoms with Gasteiger partial charge in [-0.15, -0.1) is 0 Å². The van der Waals surface area contributed by atoms with E-state index in [1.807, 2.05) is 13.1 Å². The molecule has 1 saturated heterocycles. The summed E-state index contributed by atoms with van der Waals surface area (Å²) >= 11 is 6.33. The summed E-state index contributed by atoms with van der Waals surface area (Å²) in [6.07, 6.45) is 3.86. The Kier molecular flexibility index (Phi) is 4.88. The Balaban J connectivity index is 1.75. The molecule has 0 spiro atoms. The molecule has 0 aromatic heterocycles. The number of likely N-dealkylation sites (N-methyl/N-ethyl adjacent to an activating group) is 1. The third-order valence-electron chi connectivity index (χ3n) is 4.23. The molecule has 0 saturated carbocycles. The largest absolute Gasteiger partial charge is 0.486 e. The van der Waals surface area contributed by atoms with Gasteiger partial charge in [-0.05, 0) is 44.1 Å². The first-order valence-corrected chi connectivity index (χ1v) is 8.12. The van der Waals surface area contributed by atoms with Crippen molar-refractivity contribution in [3.63, 3.8) is 0 Å². The topological polar surface area (TPSA) is 33.7 Å². The number of fused-ring (bicyclic) bond motifs is 1. The summed E-state index contributed by atoms with van der Waals surface area (Å²) in [5, 5.41) is 3.96. The van der Waals surface area contributed by atoms with Crippen LogP contribution in [0, 0.1) is 0 Å². The zero-order chi connectivity index (χ0) is 14.7. The van der Waals surface area contributed by atoms with Gasteiger partial charge in [0.1, 0.15) is 13.2 Å². The maximum Gasteiger partial charge on any atom is 0.179 e. The quantitative estimate of drug-likeness (QED) is 0.927. The van der Waals surface area contributed by atoms with E-state index < -0.39 is 0 Å². The van der Waals surface area contributed by atoms with Crippen LogP contribution < -0.4 is 14.8 Å². The molecule has 0 bridgehead atoms. The van der Waals surface area contributed by atoms with Gasteiger partial charge >= 0.3 is 0 Å². The summed E-state index contributed by atoms with van der Waals surface area (Å²) in [5.74, 6) is 1.48. The minimum Gasteiger partial charge on any atom is -0.486 e. The van der Waals surface area contributed by atoms with Crippen LogP contribution in [0.2, 0.25) is 5.02 Å². The number of rotatable bonds is 4. The van der Waals surface area contributed by atoms with Gasteiger partial charge in [0.25, 0.3) is 0 Å². The van der Waals surface area contributed by atoms with E-state index in [1.54, 1.807) is 0 Å². The molecule has 2 aliphatic heterocycles. The van der Waals surface area contributed by atoms with Crippen molar-refractivity contribution in [1.29, 1.82) is 0 Å². The smallest absolute Gasteiger partial charge is 0.179 e. The normalized spacial score (nSPS) is 22.3. The fourth-order valence-electron chi connectivity index (χ4n) is 3.22. The van der Waals surface area contributed by atoms with E-state index in [4.69, 9.17) is 21.1 Å². The van der Waals surface area contributed by atoms with Crippen molar-refractivity contribution in [2.24, 2.45) is 0 Å². The molecule has 1 fully saturated rings. The number of likely N-dealkylation sites (tertiary alicyclic amines) is 1.